The fourth-order valence-electron chi connectivity index (χ4n) is 3.48. The lowest BCUT2D eigenvalue weighted by molar-refractivity contribution is 0.0650. The van der Waals surface area contributed by atoms with Gasteiger partial charge in [-0.05, 0) is 60.6 Å². The van der Waals surface area contributed by atoms with Crippen molar-refractivity contribution in [2.45, 2.75) is 25.5 Å². The number of hydrogen-bond acceptors (Lipinski definition) is 4. The van der Waals surface area contributed by atoms with Gasteiger partial charge >= 0.3 is 0 Å². The number of Topliss-reactive ketones (excluding diaryl/α,β-unsaturated/α-hetero) is 1. The van der Waals surface area contributed by atoms with Crippen LogP contribution < -0.4 is 4.74 Å². The summed E-state index contributed by atoms with van der Waals surface area (Å²) in [5.74, 6) is 3.01. The Hall–Kier alpha value is -2.27. The van der Waals surface area contributed by atoms with Crippen molar-refractivity contribution in [3.8, 4) is 5.75 Å². The number of rotatable bonds is 7. The van der Waals surface area contributed by atoms with Gasteiger partial charge in [0, 0.05) is 35.9 Å². The van der Waals surface area contributed by atoms with E-state index in [0.29, 0.717) is 31.5 Å². The Kier molecular flexibility index (Phi) is 7.15. The average Bonchev–Trinajstić information content (AvgIpc) is 2.77. The van der Waals surface area contributed by atoms with Crippen LogP contribution in [-0.2, 0) is 5.75 Å². The first kappa shape index (κ1) is 20.5. The van der Waals surface area contributed by atoms with Gasteiger partial charge in [-0.25, -0.2) is 0 Å². The molecule has 3 rings (SSSR count). The molecule has 1 aliphatic heterocycles. The van der Waals surface area contributed by atoms with Crippen LogP contribution in [0.3, 0.4) is 0 Å². The van der Waals surface area contributed by atoms with Gasteiger partial charge in [-0.1, -0.05) is 19.1 Å². The zero-order valence-corrected chi connectivity index (χ0v) is 17.3. The molecule has 0 spiro atoms. The highest BCUT2D eigenvalue weighted by molar-refractivity contribution is 7.98. The van der Waals surface area contributed by atoms with Crippen LogP contribution in [0.4, 0.5) is 0 Å². The minimum atomic E-state index is -0.0223. The summed E-state index contributed by atoms with van der Waals surface area (Å²) >= 11 is 1.87. The largest absolute Gasteiger partial charge is 0.497 e. The van der Waals surface area contributed by atoms with Gasteiger partial charge in [-0.2, -0.15) is 11.8 Å². The van der Waals surface area contributed by atoms with Crippen LogP contribution in [0.15, 0.2) is 48.5 Å². The number of piperidine rings is 1. The second kappa shape index (κ2) is 9.78. The maximum absolute atomic E-state index is 12.8. The highest BCUT2D eigenvalue weighted by atomic mass is 32.2. The summed E-state index contributed by atoms with van der Waals surface area (Å²) < 4.78 is 5.15. The summed E-state index contributed by atoms with van der Waals surface area (Å²) in [6, 6.07) is 15.2. The molecule has 1 aliphatic rings. The minimum Gasteiger partial charge on any atom is -0.497 e. The summed E-state index contributed by atoms with van der Waals surface area (Å²) in [6.07, 6.45) is 1.42. The van der Waals surface area contributed by atoms with Gasteiger partial charge < -0.3 is 9.64 Å². The Balaban J connectivity index is 1.55. The molecule has 1 heterocycles. The zero-order chi connectivity index (χ0) is 19.9. The van der Waals surface area contributed by atoms with Crippen LogP contribution in [0.5, 0.6) is 5.75 Å². The fraction of sp³-hybridized carbons (Fsp3) is 0.391. The van der Waals surface area contributed by atoms with Crippen LogP contribution in [-0.4, -0.2) is 42.5 Å². The van der Waals surface area contributed by atoms with E-state index >= 15 is 0 Å². The third kappa shape index (κ3) is 4.96. The van der Waals surface area contributed by atoms with Crippen molar-refractivity contribution in [2.75, 3.05) is 26.0 Å². The van der Waals surface area contributed by atoms with Crippen LogP contribution in [0.2, 0.25) is 0 Å². The average molecular weight is 398 g/mol. The topological polar surface area (TPSA) is 46.6 Å². The van der Waals surface area contributed by atoms with Gasteiger partial charge in [0.1, 0.15) is 5.75 Å². The summed E-state index contributed by atoms with van der Waals surface area (Å²) in [4.78, 5) is 27.4. The maximum Gasteiger partial charge on any atom is 0.253 e. The molecule has 28 heavy (non-hydrogen) atoms. The number of hydrogen-bond donors (Lipinski definition) is 0. The van der Waals surface area contributed by atoms with E-state index < -0.39 is 0 Å². The first-order valence-corrected chi connectivity index (χ1v) is 10.9. The molecule has 1 fully saturated rings. The maximum atomic E-state index is 12.8. The molecular weight excluding hydrogens is 370 g/mol. The monoisotopic (exact) mass is 397 g/mol. The molecule has 4 nitrogen and oxygen atoms in total. The zero-order valence-electron chi connectivity index (χ0n) is 16.5. The number of carbonyl (C=O) groups is 2. The number of carbonyl (C=O) groups excluding carboxylic acids is 2. The summed E-state index contributed by atoms with van der Waals surface area (Å²) in [5.41, 5.74) is 2.68. The molecule has 1 saturated heterocycles. The van der Waals surface area contributed by atoms with Crippen LogP contribution in [0.25, 0.3) is 0 Å². The van der Waals surface area contributed by atoms with Crippen LogP contribution >= 0.6 is 11.8 Å². The highest BCUT2D eigenvalue weighted by Crippen LogP contribution is 2.24. The van der Waals surface area contributed by atoms with E-state index in [2.05, 4.69) is 6.92 Å². The van der Waals surface area contributed by atoms with E-state index in [9.17, 15) is 9.59 Å². The van der Waals surface area contributed by atoms with E-state index in [1.807, 2.05) is 65.2 Å². The summed E-state index contributed by atoms with van der Waals surface area (Å²) in [6.45, 7) is 3.39. The molecule has 2 aromatic carbocycles. The molecule has 0 unspecified atom stereocenters. The lowest BCUT2D eigenvalue weighted by Crippen LogP contribution is -2.40. The molecule has 0 radical (unpaired) electrons. The van der Waals surface area contributed by atoms with Crippen LogP contribution in [0, 0.1) is 5.92 Å². The van der Waals surface area contributed by atoms with Crippen molar-refractivity contribution in [1.29, 1.82) is 0 Å². The lowest BCUT2D eigenvalue weighted by atomic mass is 9.88. The second-order valence-corrected chi connectivity index (χ2v) is 8.27. The van der Waals surface area contributed by atoms with Gasteiger partial charge in [0.2, 0.25) is 0 Å². The van der Waals surface area contributed by atoms with Crippen molar-refractivity contribution in [2.24, 2.45) is 5.92 Å². The van der Waals surface area contributed by atoms with E-state index in [0.717, 1.165) is 22.8 Å². The Morgan fingerprint density at radius 1 is 1.00 bits per heavy atom. The van der Waals surface area contributed by atoms with E-state index in [-0.39, 0.29) is 17.6 Å². The van der Waals surface area contributed by atoms with Crippen LogP contribution in [0.1, 0.15) is 46.0 Å². The predicted molar refractivity (Wildman–Crippen MR) is 114 cm³/mol. The van der Waals surface area contributed by atoms with Gasteiger partial charge in [0.15, 0.2) is 5.78 Å². The van der Waals surface area contributed by atoms with Gasteiger partial charge in [-0.15, -0.1) is 0 Å². The Labute approximate surface area is 171 Å². The van der Waals surface area contributed by atoms with Crippen molar-refractivity contribution >= 4 is 23.5 Å². The van der Waals surface area contributed by atoms with Gasteiger partial charge in [0.25, 0.3) is 5.91 Å². The van der Waals surface area contributed by atoms with Crippen molar-refractivity contribution in [1.82, 2.24) is 4.90 Å². The highest BCUT2D eigenvalue weighted by Gasteiger charge is 2.28. The number of thioether (sulfide) groups is 1. The quantitative estimate of drug-likeness (QED) is 0.636. The molecule has 0 aliphatic carbocycles. The number of nitrogens with zero attached hydrogens (tertiary/aromatic N) is 1. The number of ketones is 1. The number of ether oxygens (including phenoxy) is 1. The smallest absolute Gasteiger partial charge is 0.253 e. The molecule has 0 atom stereocenters. The molecular formula is C23H27NO3S. The number of benzene rings is 2. The van der Waals surface area contributed by atoms with Gasteiger partial charge in [-0.3, -0.25) is 9.59 Å². The normalized spacial score (nSPS) is 14.7. The number of likely N-dealkylation sites (tertiary alicyclic amines) is 1. The molecule has 2 aromatic rings. The van der Waals surface area contributed by atoms with E-state index in [1.165, 1.54) is 5.56 Å². The summed E-state index contributed by atoms with van der Waals surface area (Å²) in [5, 5.41) is 0. The third-order valence-corrected chi connectivity index (χ3v) is 6.15. The molecule has 148 valence electrons. The molecule has 0 bridgehead atoms. The summed E-state index contributed by atoms with van der Waals surface area (Å²) in [7, 11) is 1.61. The van der Waals surface area contributed by atoms with Crippen molar-refractivity contribution in [3.63, 3.8) is 0 Å². The predicted octanol–water partition coefficient (Wildman–Crippen LogP) is 4.68. The Morgan fingerprint density at radius 3 is 2.18 bits per heavy atom. The molecule has 0 saturated carbocycles. The second-order valence-electron chi connectivity index (χ2n) is 6.99. The SMILES string of the molecule is CCSCc1ccc(C(=O)N2CCC(C(=O)c3ccc(OC)cc3)CC2)cc1. The Bertz CT molecular complexity index is 794. The number of amides is 1. The fourth-order valence-corrected chi connectivity index (χ4v) is 4.11. The molecule has 5 heteroatoms. The van der Waals surface area contributed by atoms with E-state index in [4.69, 9.17) is 4.74 Å². The number of methoxy groups -OCH3 is 1. The van der Waals surface area contributed by atoms with Gasteiger partial charge in [0.05, 0.1) is 7.11 Å². The van der Waals surface area contributed by atoms with E-state index in [1.54, 1.807) is 7.11 Å². The molecule has 0 N–H and O–H groups in total. The standard InChI is InChI=1S/C23H27NO3S/c1-3-28-16-17-4-6-20(7-5-17)23(26)24-14-12-19(13-15-24)22(25)18-8-10-21(27-2)11-9-18/h4-11,19H,3,12-16H2,1-2H3. The lowest BCUT2D eigenvalue weighted by Gasteiger charge is -2.31. The first-order valence-electron chi connectivity index (χ1n) is 9.76. The molecule has 1 amide bonds. The Morgan fingerprint density at radius 2 is 1.61 bits per heavy atom. The minimum absolute atomic E-state index is 0.0223. The third-order valence-electron chi connectivity index (χ3n) is 5.20. The van der Waals surface area contributed by atoms with Crippen molar-refractivity contribution in [3.05, 3.63) is 65.2 Å². The first-order chi connectivity index (χ1) is 13.6. The molecule has 0 aromatic heterocycles. The van der Waals surface area contributed by atoms with Crippen molar-refractivity contribution < 1.29 is 14.3 Å².